The highest BCUT2D eigenvalue weighted by atomic mass is 32.2. The van der Waals surface area contributed by atoms with E-state index in [-0.39, 0.29) is 11.7 Å². The van der Waals surface area contributed by atoms with Crippen LogP contribution in [0.5, 0.6) is 0 Å². The molecule has 8 heteroatoms. The Kier molecular flexibility index (Phi) is 6.68. The number of thiophene rings is 1. The molecule has 2 heterocycles. The van der Waals surface area contributed by atoms with E-state index >= 15 is 0 Å². The maximum absolute atomic E-state index is 12.4. The standard InChI is InChI=1S/C18H22N4OS3/c1-11-14(7-8-24-2)21-18(20-11)25-10-16(23)22-17-13(9-19)12-5-3-4-6-15(12)26-17/h3-8,10H2,1-2H3,(H,20,21)(H,22,23). The molecule has 1 amide bonds. The van der Waals surface area contributed by atoms with E-state index in [1.54, 1.807) is 23.1 Å². The number of nitrogens with zero attached hydrogens (tertiary/aromatic N) is 2. The fraction of sp³-hybridized carbons (Fsp3) is 0.500. The van der Waals surface area contributed by atoms with Crippen molar-refractivity contribution in [2.24, 2.45) is 0 Å². The van der Waals surface area contributed by atoms with Crippen molar-refractivity contribution in [3.05, 3.63) is 27.4 Å². The summed E-state index contributed by atoms with van der Waals surface area (Å²) < 4.78 is 0. The zero-order chi connectivity index (χ0) is 18.5. The Balaban J connectivity index is 1.60. The lowest BCUT2D eigenvalue weighted by molar-refractivity contribution is -0.113. The summed E-state index contributed by atoms with van der Waals surface area (Å²) in [6.07, 6.45) is 7.27. The molecule has 2 aromatic heterocycles. The van der Waals surface area contributed by atoms with Crippen LogP contribution in [0.25, 0.3) is 0 Å². The second kappa shape index (κ2) is 8.98. The Morgan fingerprint density at radius 3 is 3.00 bits per heavy atom. The lowest BCUT2D eigenvalue weighted by Crippen LogP contribution is -2.14. The highest BCUT2D eigenvalue weighted by Gasteiger charge is 2.21. The third-order valence-corrected chi connectivity index (χ3v) is 7.08. The van der Waals surface area contributed by atoms with Crippen LogP contribution in [-0.2, 0) is 24.1 Å². The molecule has 0 radical (unpaired) electrons. The predicted molar refractivity (Wildman–Crippen MR) is 110 cm³/mol. The minimum Gasteiger partial charge on any atom is -0.337 e. The molecule has 26 heavy (non-hydrogen) atoms. The van der Waals surface area contributed by atoms with E-state index in [1.807, 2.05) is 6.92 Å². The number of imidazole rings is 1. The fourth-order valence-corrected chi connectivity index (χ4v) is 5.44. The molecule has 0 unspecified atom stereocenters. The number of carbonyl (C=O) groups excluding carboxylic acids is 1. The van der Waals surface area contributed by atoms with Crippen molar-refractivity contribution in [1.82, 2.24) is 9.97 Å². The molecule has 5 nitrogen and oxygen atoms in total. The first kappa shape index (κ1) is 19.3. The first-order valence-electron chi connectivity index (χ1n) is 8.64. The maximum Gasteiger partial charge on any atom is 0.235 e. The van der Waals surface area contributed by atoms with Gasteiger partial charge in [0.25, 0.3) is 0 Å². The van der Waals surface area contributed by atoms with Gasteiger partial charge < -0.3 is 10.3 Å². The maximum atomic E-state index is 12.4. The molecule has 0 atom stereocenters. The first-order chi connectivity index (χ1) is 12.6. The topological polar surface area (TPSA) is 81.6 Å². The highest BCUT2D eigenvalue weighted by Crippen LogP contribution is 2.37. The van der Waals surface area contributed by atoms with Crippen LogP contribution in [-0.4, -0.2) is 33.6 Å². The Morgan fingerprint density at radius 1 is 1.42 bits per heavy atom. The summed E-state index contributed by atoms with van der Waals surface area (Å²) in [7, 11) is 0. The third-order valence-electron chi connectivity index (χ3n) is 4.38. The van der Waals surface area contributed by atoms with Crippen LogP contribution in [0.2, 0.25) is 0 Å². The van der Waals surface area contributed by atoms with Gasteiger partial charge in [0.1, 0.15) is 11.1 Å². The molecule has 0 aliphatic heterocycles. The monoisotopic (exact) mass is 406 g/mol. The van der Waals surface area contributed by atoms with Crippen LogP contribution in [0.3, 0.4) is 0 Å². The van der Waals surface area contributed by atoms with E-state index in [9.17, 15) is 10.1 Å². The molecule has 2 N–H and O–H groups in total. The molecule has 0 aromatic carbocycles. The quantitative estimate of drug-likeness (QED) is 0.675. The molecule has 0 spiro atoms. The Bertz CT molecular complexity index is 834. The van der Waals surface area contributed by atoms with Crippen molar-refractivity contribution in [1.29, 1.82) is 5.26 Å². The average Bonchev–Trinajstić information content (AvgIpc) is 3.17. The SMILES string of the molecule is CSCCc1nc(SCC(=O)Nc2sc3c(c2C#N)CCCC3)[nH]c1C. The Morgan fingerprint density at radius 2 is 2.23 bits per heavy atom. The van der Waals surface area contributed by atoms with Crippen LogP contribution in [0, 0.1) is 18.3 Å². The van der Waals surface area contributed by atoms with Gasteiger partial charge in [-0.05, 0) is 50.2 Å². The van der Waals surface area contributed by atoms with Gasteiger partial charge in [0, 0.05) is 17.0 Å². The molecular weight excluding hydrogens is 384 g/mol. The number of amides is 1. The summed E-state index contributed by atoms with van der Waals surface area (Å²) in [5.41, 5.74) is 3.95. The smallest absolute Gasteiger partial charge is 0.235 e. The van der Waals surface area contributed by atoms with E-state index in [2.05, 4.69) is 27.6 Å². The second-order valence-electron chi connectivity index (χ2n) is 6.22. The van der Waals surface area contributed by atoms with Crippen LogP contribution in [0.1, 0.15) is 40.2 Å². The largest absolute Gasteiger partial charge is 0.337 e. The second-order valence-corrected chi connectivity index (χ2v) is 9.27. The van der Waals surface area contributed by atoms with Gasteiger partial charge in [-0.1, -0.05) is 11.8 Å². The number of nitrogens with one attached hydrogen (secondary N) is 2. The van der Waals surface area contributed by atoms with Crippen molar-refractivity contribution in [2.45, 2.75) is 44.2 Å². The summed E-state index contributed by atoms with van der Waals surface area (Å²) >= 11 is 4.76. The molecule has 0 saturated carbocycles. The number of nitriles is 1. The van der Waals surface area contributed by atoms with E-state index in [0.29, 0.717) is 10.6 Å². The molecule has 138 valence electrons. The Hall–Kier alpha value is -1.43. The fourth-order valence-electron chi connectivity index (χ4n) is 3.05. The van der Waals surface area contributed by atoms with Gasteiger partial charge in [-0.25, -0.2) is 4.98 Å². The van der Waals surface area contributed by atoms with Crippen molar-refractivity contribution < 1.29 is 4.79 Å². The summed E-state index contributed by atoms with van der Waals surface area (Å²) in [4.78, 5) is 21.4. The van der Waals surface area contributed by atoms with Gasteiger partial charge in [-0.2, -0.15) is 17.0 Å². The molecule has 3 rings (SSSR count). The number of aromatic nitrogens is 2. The van der Waals surface area contributed by atoms with Crippen LogP contribution in [0.4, 0.5) is 5.00 Å². The lowest BCUT2D eigenvalue weighted by atomic mass is 9.96. The van der Waals surface area contributed by atoms with Crippen LogP contribution >= 0.6 is 34.9 Å². The summed E-state index contributed by atoms with van der Waals surface area (Å²) in [5, 5.41) is 13.9. The summed E-state index contributed by atoms with van der Waals surface area (Å²) in [6, 6.07) is 2.28. The summed E-state index contributed by atoms with van der Waals surface area (Å²) in [5.74, 6) is 1.23. The van der Waals surface area contributed by atoms with Gasteiger partial charge in [0.2, 0.25) is 5.91 Å². The van der Waals surface area contributed by atoms with E-state index in [1.165, 1.54) is 23.1 Å². The third kappa shape index (κ3) is 4.45. The molecule has 2 aromatic rings. The van der Waals surface area contributed by atoms with E-state index in [0.717, 1.165) is 53.5 Å². The number of rotatable bonds is 7. The van der Waals surface area contributed by atoms with Gasteiger partial charge in [0.05, 0.1) is 17.0 Å². The molecule has 1 aliphatic carbocycles. The number of thioether (sulfide) groups is 2. The number of aromatic amines is 1. The van der Waals surface area contributed by atoms with E-state index < -0.39 is 0 Å². The first-order valence-corrected chi connectivity index (χ1v) is 11.8. The predicted octanol–water partition coefficient (Wildman–Crippen LogP) is 4.17. The number of hydrogen-bond donors (Lipinski definition) is 2. The number of H-pyrrole nitrogens is 1. The van der Waals surface area contributed by atoms with E-state index in [4.69, 9.17) is 0 Å². The molecule has 0 saturated heterocycles. The zero-order valence-electron chi connectivity index (χ0n) is 15.0. The Labute approximate surface area is 166 Å². The van der Waals surface area contributed by atoms with Crippen molar-refractivity contribution in [3.63, 3.8) is 0 Å². The van der Waals surface area contributed by atoms with Gasteiger partial charge in [0.15, 0.2) is 5.16 Å². The number of anilines is 1. The highest BCUT2D eigenvalue weighted by molar-refractivity contribution is 7.99. The molecular formula is C18H22N4OS3. The number of fused-ring (bicyclic) bond motifs is 1. The minimum absolute atomic E-state index is 0.0928. The lowest BCUT2D eigenvalue weighted by Gasteiger charge is -2.09. The molecule has 0 bridgehead atoms. The number of carbonyl (C=O) groups is 1. The van der Waals surface area contributed by atoms with Gasteiger partial charge in [-0.3, -0.25) is 4.79 Å². The van der Waals surface area contributed by atoms with Crippen LogP contribution in [0.15, 0.2) is 5.16 Å². The summed E-state index contributed by atoms with van der Waals surface area (Å²) in [6.45, 7) is 2.02. The number of hydrogen-bond acceptors (Lipinski definition) is 6. The molecule has 0 fully saturated rings. The zero-order valence-corrected chi connectivity index (χ0v) is 17.4. The molecule has 1 aliphatic rings. The average molecular weight is 407 g/mol. The van der Waals surface area contributed by atoms with Gasteiger partial charge >= 0.3 is 0 Å². The minimum atomic E-state index is -0.0928. The van der Waals surface area contributed by atoms with Crippen LogP contribution < -0.4 is 5.32 Å². The van der Waals surface area contributed by atoms with Crippen molar-refractivity contribution >= 4 is 45.8 Å². The van der Waals surface area contributed by atoms with Crippen molar-refractivity contribution in [2.75, 3.05) is 23.1 Å². The van der Waals surface area contributed by atoms with Gasteiger partial charge in [-0.15, -0.1) is 11.3 Å². The number of aryl methyl sites for hydroxylation is 3. The van der Waals surface area contributed by atoms with Crippen molar-refractivity contribution in [3.8, 4) is 6.07 Å². The normalized spacial score (nSPS) is 13.3.